The predicted molar refractivity (Wildman–Crippen MR) is 42.0 cm³/mol. The molecule has 0 rings (SSSR count). The minimum Gasteiger partial charge on any atom is -0.457 e. The van der Waals surface area contributed by atoms with E-state index < -0.39 is 0 Å². The molecule has 65 valence electrons. The third-order valence-corrected chi connectivity index (χ3v) is 1.30. The van der Waals surface area contributed by atoms with Crippen molar-refractivity contribution in [2.24, 2.45) is 0 Å². The molecule has 3 heteroatoms. The third-order valence-electron chi connectivity index (χ3n) is 1.30. The first kappa shape index (κ1) is 10.4. The molecule has 0 saturated heterocycles. The van der Waals surface area contributed by atoms with Crippen LogP contribution in [0, 0.1) is 0 Å². The van der Waals surface area contributed by atoms with Crippen LogP contribution >= 0.6 is 0 Å². The Bertz CT molecular complexity index is 83.4. The van der Waals surface area contributed by atoms with E-state index in [1.807, 2.05) is 6.92 Å². The Hall–Kier alpha value is -0.570. The van der Waals surface area contributed by atoms with Crippen LogP contribution in [0.15, 0.2) is 0 Å². The van der Waals surface area contributed by atoms with Gasteiger partial charge < -0.3 is 9.47 Å². The fourth-order valence-corrected chi connectivity index (χ4v) is 0.741. The summed E-state index contributed by atoms with van der Waals surface area (Å²) in [5, 5.41) is 0. The van der Waals surface area contributed by atoms with Gasteiger partial charge in [0.25, 0.3) is 0 Å². The predicted octanol–water partition coefficient (Wildman–Crippen LogP) is 1.28. The summed E-state index contributed by atoms with van der Waals surface area (Å²) in [5.74, 6) is 0. The maximum atomic E-state index is 9.57. The molecule has 0 atom stereocenters. The van der Waals surface area contributed by atoms with Crippen molar-refractivity contribution in [3.8, 4) is 0 Å². The topological polar surface area (TPSA) is 35.5 Å². The number of rotatable bonds is 8. The van der Waals surface area contributed by atoms with E-state index in [1.165, 1.54) is 6.47 Å². The summed E-state index contributed by atoms with van der Waals surface area (Å²) in [5.41, 5.74) is 0. The molecule has 0 N–H and O–H groups in total. The largest absolute Gasteiger partial charge is 0.457 e. The highest BCUT2D eigenvalue weighted by molar-refractivity contribution is 5.37. The Morgan fingerprint density at radius 1 is 1.18 bits per heavy atom. The van der Waals surface area contributed by atoms with Gasteiger partial charge in [-0.1, -0.05) is 0 Å². The van der Waals surface area contributed by atoms with Crippen LogP contribution in [0.25, 0.3) is 0 Å². The van der Waals surface area contributed by atoms with Gasteiger partial charge in [-0.25, -0.2) is 4.79 Å². The summed E-state index contributed by atoms with van der Waals surface area (Å²) in [6, 6.07) is 0. The van der Waals surface area contributed by atoms with Crippen molar-refractivity contribution in [2.45, 2.75) is 26.2 Å². The van der Waals surface area contributed by atoms with Gasteiger partial charge in [-0.2, -0.15) is 0 Å². The summed E-state index contributed by atoms with van der Waals surface area (Å²) in [6.07, 6.45) is 2.99. The number of carbonyl (C=O) groups excluding carboxylic acids is 1. The van der Waals surface area contributed by atoms with Gasteiger partial charge in [-0.3, -0.25) is 0 Å². The minimum absolute atomic E-state index is 0.482. The second-order valence-electron chi connectivity index (χ2n) is 2.19. The first-order valence-corrected chi connectivity index (χ1v) is 3.98. The fourth-order valence-electron chi connectivity index (χ4n) is 0.741. The molecule has 1 radical (unpaired) electrons. The van der Waals surface area contributed by atoms with Crippen molar-refractivity contribution >= 4 is 6.47 Å². The van der Waals surface area contributed by atoms with Crippen LogP contribution in [0.2, 0.25) is 0 Å². The molecule has 0 aromatic carbocycles. The third kappa shape index (κ3) is 9.43. The molecule has 0 fully saturated rings. The number of unbranched alkanes of at least 4 members (excludes halogenated alkanes) is 2. The van der Waals surface area contributed by atoms with Crippen molar-refractivity contribution in [3.63, 3.8) is 0 Å². The Kier molecular flexibility index (Phi) is 8.94. The van der Waals surface area contributed by atoms with Crippen LogP contribution in [0.4, 0.5) is 0 Å². The highest BCUT2D eigenvalue weighted by Gasteiger charge is 1.89. The van der Waals surface area contributed by atoms with Gasteiger partial charge in [-0.15, -0.1) is 0 Å². The standard InChI is InChI=1S/C8H15O3/c1-2-10-6-4-3-5-7-11-8-9/h2-7H2,1H3. The summed E-state index contributed by atoms with van der Waals surface area (Å²) in [7, 11) is 0. The average Bonchev–Trinajstić information content (AvgIpc) is 2.03. The lowest BCUT2D eigenvalue weighted by Gasteiger charge is -1.99. The number of ether oxygens (including phenoxy) is 2. The van der Waals surface area contributed by atoms with Crippen LogP contribution in [-0.2, 0) is 14.3 Å². The molecular formula is C8H15O3. The van der Waals surface area contributed by atoms with Gasteiger partial charge in [-0.05, 0) is 26.2 Å². The van der Waals surface area contributed by atoms with Gasteiger partial charge in [0.1, 0.15) is 0 Å². The van der Waals surface area contributed by atoms with E-state index in [0.717, 1.165) is 32.5 Å². The Labute approximate surface area is 67.7 Å². The monoisotopic (exact) mass is 159 g/mol. The molecule has 0 aliphatic heterocycles. The van der Waals surface area contributed by atoms with Gasteiger partial charge in [0.15, 0.2) is 0 Å². The maximum absolute atomic E-state index is 9.57. The molecule has 0 spiro atoms. The molecule has 0 aromatic heterocycles. The van der Waals surface area contributed by atoms with E-state index in [2.05, 4.69) is 4.74 Å². The zero-order chi connectivity index (χ0) is 8.36. The molecule has 0 unspecified atom stereocenters. The van der Waals surface area contributed by atoms with Crippen LogP contribution < -0.4 is 0 Å². The highest BCUT2D eigenvalue weighted by Crippen LogP contribution is 1.95. The van der Waals surface area contributed by atoms with Crippen molar-refractivity contribution in [1.29, 1.82) is 0 Å². The molecule has 3 nitrogen and oxygen atoms in total. The number of hydrogen-bond acceptors (Lipinski definition) is 3. The first-order valence-electron chi connectivity index (χ1n) is 3.98. The second kappa shape index (κ2) is 9.43. The Balaban J connectivity index is 2.74. The van der Waals surface area contributed by atoms with Gasteiger partial charge in [0.2, 0.25) is 0 Å². The van der Waals surface area contributed by atoms with E-state index >= 15 is 0 Å². The molecule has 0 saturated carbocycles. The van der Waals surface area contributed by atoms with Crippen LogP contribution in [0.3, 0.4) is 0 Å². The van der Waals surface area contributed by atoms with Crippen molar-refractivity contribution in [1.82, 2.24) is 0 Å². The summed E-state index contributed by atoms with van der Waals surface area (Å²) in [6.45, 7) is 5.43. The summed E-state index contributed by atoms with van der Waals surface area (Å²) < 4.78 is 9.52. The zero-order valence-electron chi connectivity index (χ0n) is 6.97. The second-order valence-corrected chi connectivity index (χ2v) is 2.19. The highest BCUT2D eigenvalue weighted by atomic mass is 16.5. The lowest BCUT2D eigenvalue weighted by molar-refractivity contribution is 0.141. The quantitative estimate of drug-likeness (QED) is 0.500. The normalized spacial score (nSPS) is 9.55. The van der Waals surface area contributed by atoms with E-state index in [-0.39, 0.29) is 0 Å². The molecule has 0 aliphatic rings. The lowest BCUT2D eigenvalue weighted by Crippen LogP contribution is -1.95. The van der Waals surface area contributed by atoms with E-state index in [1.54, 1.807) is 0 Å². The zero-order valence-corrected chi connectivity index (χ0v) is 6.97. The summed E-state index contributed by atoms with van der Waals surface area (Å²) in [4.78, 5) is 9.57. The van der Waals surface area contributed by atoms with Gasteiger partial charge in [0, 0.05) is 13.2 Å². The Morgan fingerprint density at radius 3 is 2.55 bits per heavy atom. The van der Waals surface area contributed by atoms with Crippen molar-refractivity contribution in [2.75, 3.05) is 19.8 Å². The number of hydrogen-bond donors (Lipinski definition) is 0. The molecule has 0 bridgehead atoms. The molecular weight excluding hydrogens is 144 g/mol. The first-order chi connectivity index (χ1) is 5.41. The SMILES string of the molecule is CCOCCCCCO[C]=O. The average molecular weight is 159 g/mol. The van der Waals surface area contributed by atoms with Crippen LogP contribution in [-0.4, -0.2) is 26.3 Å². The fraction of sp³-hybridized carbons (Fsp3) is 0.875. The van der Waals surface area contributed by atoms with E-state index in [4.69, 9.17) is 4.74 Å². The lowest BCUT2D eigenvalue weighted by atomic mass is 10.2. The summed E-state index contributed by atoms with van der Waals surface area (Å²) >= 11 is 0. The molecule has 0 heterocycles. The van der Waals surface area contributed by atoms with Gasteiger partial charge >= 0.3 is 6.47 Å². The van der Waals surface area contributed by atoms with Crippen LogP contribution in [0.1, 0.15) is 26.2 Å². The smallest absolute Gasteiger partial charge is 0.417 e. The van der Waals surface area contributed by atoms with E-state index in [9.17, 15) is 4.79 Å². The van der Waals surface area contributed by atoms with Crippen molar-refractivity contribution < 1.29 is 14.3 Å². The van der Waals surface area contributed by atoms with E-state index in [0.29, 0.717) is 6.61 Å². The minimum atomic E-state index is 0.482. The Morgan fingerprint density at radius 2 is 1.91 bits per heavy atom. The van der Waals surface area contributed by atoms with Gasteiger partial charge in [0.05, 0.1) is 6.61 Å². The molecule has 0 aromatic rings. The molecule has 0 aliphatic carbocycles. The van der Waals surface area contributed by atoms with Crippen LogP contribution in [0.5, 0.6) is 0 Å². The molecule has 11 heavy (non-hydrogen) atoms. The maximum Gasteiger partial charge on any atom is 0.417 e. The van der Waals surface area contributed by atoms with Crippen molar-refractivity contribution in [3.05, 3.63) is 0 Å². The molecule has 0 amide bonds.